The van der Waals surface area contributed by atoms with Crippen molar-refractivity contribution in [1.82, 2.24) is 0 Å². The molecule has 0 aromatic rings. The lowest BCUT2D eigenvalue weighted by atomic mass is 9.99. The van der Waals surface area contributed by atoms with E-state index in [0.29, 0.717) is 6.42 Å². The van der Waals surface area contributed by atoms with Gasteiger partial charge >= 0.3 is 0 Å². The Morgan fingerprint density at radius 3 is 2.40 bits per heavy atom. The van der Waals surface area contributed by atoms with Crippen molar-refractivity contribution in [2.45, 2.75) is 44.7 Å². The number of amides is 1. The number of hydrogen-bond donors (Lipinski definition) is 4. The van der Waals surface area contributed by atoms with E-state index in [4.69, 9.17) is 9.84 Å². The van der Waals surface area contributed by atoms with E-state index in [0.717, 1.165) is 0 Å². The quantitative estimate of drug-likeness (QED) is 0.424. The van der Waals surface area contributed by atoms with E-state index in [1.54, 1.807) is 6.92 Å². The average Bonchev–Trinajstić information content (AvgIpc) is 2.10. The van der Waals surface area contributed by atoms with E-state index < -0.39 is 18.3 Å². The van der Waals surface area contributed by atoms with E-state index in [-0.39, 0.29) is 18.6 Å². The van der Waals surface area contributed by atoms with Gasteiger partial charge in [0.1, 0.15) is 12.2 Å². The number of primary amides is 1. The van der Waals surface area contributed by atoms with Crippen LogP contribution in [0.2, 0.25) is 0 Å². The molecule has 1 rings (SSSR count). The minimum absolute atomic E-state index is 0.0921. The van der Waals surface area contributed by atoms with E-state index in [1.807, 2.05) is 0 Å². The van der Waals surface area contributed by atoms with Gasteiger partial charge in [-0.05, 0) is 6.92 Å². The number of aliphatic hydroxyl groups excluding tert-OH is 3. The molecule has 6 heteroatoms. The third-order valence-corrected chi connectivity index (χ3v) is 1.94. The van der Waals surface area contributed by atoms with Gasteiger partial charge in [0.05, 0.1) is 18.8 Å². The molecule has 0 spiro atoms. The first-order chi connectivity index (χ1) is 6.88. The van der Waals surface area contributed by atoms with Crippen LogP contribution in [0.25, 0.3) is 0 Å². The standard InChI is InChI=1S/C7H14O4.C2H5NO/c1-4-2-5(9)7(10)6(3-8)11-4;1-2(3)4/h4-10H,2-3H2,1H3;1H3,(H2,3,4)/t4?,5-,6-,7-;/m1./s1. The molecule has 1 unspecified atom stereocenters. The summed E-state index contributed by atoms with van der Waals surface area (Å²) in [7, 11) is 0. The van der Waals surface area contributed by atoms with Gasteiger partial charge < -0.3 is 25.8 Å². The summed E-state index contributed by atoms with van der Waals surface area (Å²) in [5, 5.41) is 27.1. The smallest absolute Gasteiger partial charge is 0.214 e. The van der Waals surface area contributed by atoms with Crippen LogP contribution in [0.3, 0.4) is 0 Å². The zero-order valence-electron chi connectivity index (χ0n) is 8.96. The summed E-state index contributed by atoms with van der Waals surface area (Å²) < 4.78 is 5.16. The summed E-state index contributed by atoms with van der Waals surface area (Å²) in [5.74, 6) is -0.333. The summed E-state index contributed by atoms with van der Waals surface area (Å²) in [5.41, 5.74) is 4.47. The zero-order valence-corrected chi connectivity index (χ0v) is 8.96. The van der Waals surface area contributed by atoms with Crippen LogP contribution in [-0.4, -0.2) is 52.2 Å². The first-order valence-corrected chi connectivity index (χ1v) is 4.77. The van der Waals surface area contributed by atoms with E-state index >= 15 is 0 Å². The van der Waals surface area contributed by atoms with Crippen LogP contribution >= 0.6 is 0 Å². The molecule has 1 heterocycles. The number of carbonyl (C=O) groups is 1. The molecule has 90 valence electrons. The molecular formula is C9H19NO5. The Hall–Kier alpha value is -0.690. The number of nitrogens with two attached hydrogens (primary N) is 1. The van der Waals surface area contributed by atoms with Gasteiger partial charge in [0.25, 0.3) is 0 Å². The molecular weight excluding hydrogens is 202 g/mol. The number of aliphatic hydroxyl groups is 3. The van der Waals surface area contributed by atoms with Gasteiger partial charge in [-0.2, -0.15) is 0 Å². The SMILES string of the molecule is CC(N)=O.CC1C[C@@H](O)[C@@H](O)[C@@H](CO)O1. The van der Waals surface area contributed by atoms with Crippen molar-refractivity contribution in [1.29, 1.82) is 0 Å². The summed E-state index contributed by atoms with van der Waals surface area (Å²) in [4.78, 5) is 9.22. The van der Waals surface area contributed by atoms with Gasteiger partial charge in [0.2, 0.25) is 5.91 Å². The third-order valence-electron chi connectivity index (χ3n) is 1.94. The van der Waals surface area contributed by atoms with Crippen molar-refractivity contribution >= 4 is 5.91 Å². The Morgan fingerprint density at radius 1 is 1.53 bits per heavy atom. The van der Waals surface area contributed by atoms with Crippen LogP contribution in [0, 0.1) is 0 Å². The normalized spacial score (nSPS) is 35.3. The molecule has 1 aliphatic rings. The molecule has 0 aromatic carbocycles. The Balaban J connectivity index is 0.000000423. The lowest BCUT2D eigenvalue weighted by Crippen LogP contribution is -2.49. The van der Waals surface area contributed by atoms with Gasteiger partial charge in [-0.1, -0.05) is 0 Å². The molecule has 0 aliphatic carbocycles. The van der Waals surface area contributed by atoms with Crippen LogP contribution in [0.15, 0.2) is 0 Å². The third kappa shape index (κ3) is 5.68. The highest BCUT2D eigenvalue weighted by Crippen LogP contribution is 2.19. The molecule has 1 saturated heterocycles. The fourth-order valence-electron chi connectivity index (χ4n) is 1.31. The lowest BCUT2D eigenvalue weighted by Gasteiger charge is -2.34. The molecule has 0 aromatic heterocycles. The average molecular weight is 221 g/mol. The molecule has 1 fully saturated rings. The largest absolute Gasteiger partial charge is 0.394 e. The first-order valence-electron chi connectivity index (χ1n) is 4.77. The van der Waals surface area contributed by atoms with Gasteiger partial charge in [-0.25, -0.2) is 0 Å². The maximum atomic E-state index is 9.22. The molecule has 15 heavy (non-hydrogen) atoms. The van der Waals surface area contributed by atoms with Crippen molar-refractivity contribution in [2.75, 3.05) is 6.61 Å². The monoisotopic (exact) mass is 221 g/mol. The highest BCUT2D eigenvalue weighted by molar-refractivity contribution is 5.70. The highest BCUT2D eigenvalue weighted by Gasteiger charge is 2.34. The molecule has 4 atom stereocenters. The van der Waals surface area contributed by atoms with Crippen molar-refractivity contribution in [3.05, 3.63) is 0 Å². The Bertz CT molecular complexity index is 195. The molecule has 6 nitrogen and oxygen atoms in total. The summed E-state index contributed by atoms with van der Waals surface area (Å²) in [6.07, 6.45) is -2.01. The minimum atomic E-state index is -0.948. The van der Waals surface area contributed by atoms with Crippen LogP contribution < -0.4 is 5.73 Å². The second kappa shape index (κ2) is 6.73. The zero-order chi connectivity index (χ0) is 12.0. The van der Waals surface area contributed by atoms with Crippen molar-refractivity contribution in [3.63, 3.8) is 0 Å². The predicted octanol–water partition coefficient (Wildman–Crippen LogP) is -1.63. The number of hydrogen-bond acceptors (Lipinski definition) is 5. The van der Waals surface area contributed by atoms with E-state index in [9.17, 15) is 15.0 Å². The topological polar surface area (TPSA) is 113 Å². The minimum Gasteiger partial charge on any atom is -0.394 e. The number of ether oxygens (including phenoxy) is 1. The van der Waals surface area contributed by atoms with E-state index in [2.05, 4.69) is 5.73 Å². The first kappa shape index (κ1) is 14.3. The lowest BCUT2D eigenvalue weighted by molar-refractivity contribution is -0.174. The second-order valence-corrected chi connectivity index (χ2v) is 3.57. The highest BCUT2D eigenvalue weighted by atomic mass is 16.5. The Labute approximate surface area is 88.7 Å². The fraction of sp³-hybridized carbons (Fsp3) is 0.889. The molecule has 0 saturated carbocycles. The molecule has 1 aliphatic heterocycles. The molecule has 5 N–H and O–H groups in total. The summed E-state index contributed by atoms with van der Waals surface area (Å²) >= 11 is 0. The number of carbonyl (C=O) groups excluding carboxylic acids is 1. The van der Waals surface area contributed by atoms with Crippen molar-refractivity contribution in [2.24, 2.45) is 5.73 Å². The predicted molar refractivity (Wildman–Crippen MR) is 52.9 cm³/mol. The second-order valence-electron chi connectivity index (χ2n) is 3.57. The van der Waals surface area contributed by atoms with Crippen LogP contribution in [-0.2, 0) is 9.53 Å². The summed E-state index contributed by atoms with van der Waals surface area (Å²) in [6, 6.07) is 0. The van der Waals surface area contributed by atoms with E-state index in [1.165, 1.54) is 6.92 Å². The fourth-order valence-corrected chi connectivity index (χ4v) is 1.31. The molecule has 0 bridgehead atoms. The maximum Gasteiger partial charge on any atom is 0.214 e. The van der Waals surface area contributed by atoms with Gasteiger partial charge in [-0.3, -0.25) is 4.79 Å². The van der Waals surface area contributed by atoms with Gasteiger partial charge in [0, 0.05) is 13.3 Å². The van der Waals surface area contributed by atoms with Gasteiger partial charge in [0.15, 0.2) is 0 Å². The van der Waals surface area contributed by atoms with Crippen molar-refractivity contribution < 1.29 is 24.9 Å². The summed E-state index contributed by atoms with van der Waals surface area (Å²) in [6.45, 7) is 2.86. The Kier molecular flexibility index (Phi) is 6.42. The maximum absolute atomic E-state index is 9.22. The molecule has 1 amide bonds. The Morgan fingerprint density at radius 2 is 2.00 bits per heavy atom. The van der Waals surface area contributed by atoms with Crippen molar-refractivity contribution in [3.8, 4) is 0 Å². The number of rotatable bonds is 1. The molecule has 0 radical (unpaired) electrons. The van der Waals surface area contributed by atoms with Crippen LogP contribution in [0.4, 0.5) is 0 Å². The van der Waals surface area contributed by atoms with Crippen LogP contribution in [0.1, 0.15) is 20.3 Å². The van der Waals surface area contributed by atoms with Crippen LogP contribution in [0.5, 0.6) is 0 Å². The van der Waals surface area contributed by atoms with Gasteiger partial charge in [-0.15, -0.1) is 0 Å².